The summed E-state index contributed by atoms with van der Waals surface area (Å²) < 4.78 is 7.35. The molecule has 3 aromatic rings. The number of ether oxygens (including phenoxy) is 1. The van der Waals surface area contributed by atoms with Crippen LogP contribution in [0.25, 0.3) is 11.4 Å². The molecule has 1 aliphatic heterocycles. The van der Waals surface area contributed by atoms with Gasteiger partial charge in [0.05, 0.1) is 12.2 Å². The summed E-state index contributed by atoms with van der Waals surface area (Å²) in [5, 5.41) is 0. The number of aromatic amines is 1. The Bertz CT molecular complexity index is 911. The number of amides is 1. The van der Waals surface area contributed by atoms with Gasteiger partial charge in [0.2, 0.25) is 0 Å². The molecule has 4 rings (SSSR count). The van der Waals surface area contributed by atoms with E-state index in [1.54, 1.807) is 19.5 Å². The normalized spacial score (nSPS) is 15.1. The van der Waals surface area contributed by atoms with Crippen molar-refractivity contribution in [1.29, 1.82) is 0 Å². The number of hydrogen-bond donors (Lipinski definition) is 1. The van der Waals surface area contributed by atoms with Crippen molar-refractivity contribution in [2.75, 3.05) is 26.8 Å². The van der Waals surface area contributed by atoms with E-state index in [0.29, 0.717) is 18.1 Å². The summed E-state index contributed by atoms with van der Waals surface area (Å²) in [7, 11) is 1.71. The third kappa shape index (κ3) is 3.71. The van der Waals surface area contributed by atoms with Gasteiger partial charge in [0.1, 0.15) is 11.6 Å². The van der Waals surface area contributed by atoms with E-state index in [1.165, 1.54) is 0 Å². The number of H-pyrrole nitrogens is 1. The molecule has 0 spiro atoms. The van der Waals surface area contributed by atoms with Gasteiger partial charge in [-0.1, -0.05) is 18.2 Å². The molecule has 7 heteroatoms. The molecule has 0 bridgehead atoms. The van der Waals surface area contributed by atoms with Crippen LogP contribution in [0.2, 0.25) is 0 Å². The van der Waals surface area contributed by atoms with Crippen LogP contribution in [-0.4, -0.2) is 57.1 Å². The van der Waals surface area contributed by atoms with Gasteiger partial charge < -0.3 is 19.2 Å². The third-order valence-electron chi connectivity index (χ3n) is 5.34. The largest absolute Gasteiger partial charge is 0.383 e. The third-order valence-corrected chi connectivity index (χ3v) is 5.34. The van der Waals surface area contributed by atoms with E-state index in [1.807, 2.05) is 41.6 Å². The summed E-state index contributed by atoms with van der Waals surface area (Å²) in [6.07, 6.45) is 9.16. The number of aromatic nitrogens is 4. The Balaban J connectivity index is 1.45. The second-order valence-electron chi connectivity index (χ2n) is 7.02. The van der Waals surface area contributed by atoms with Crippen LogP contribution in [-0.2, 0) is 11.3 Å². The number of carbonyl (C=O) groups is 1. The number of benzene rings is 1. The molecule has 0 saturated carbocycles. The van der Waals surface area contributed by atoms with Crippen molar-refractivity contribution in [1.82, 2.24) is 24.4 Å². The van der Waals surface area contributed by atoms with Crippen LogP contribution < -0.4 is 0 Å². The Kier molecular flexibility index (Phi) is 5.53. The lowest BCUT2D eigenvalue weighted by atomic mass is 9.95. The molecule has 0 atom stereocenters. The molecule has 28 heavy (non-hydrogen) atoms. The minimum atomic E-state index is 0.0631. The monoisotopic (exact) mass is 379 g/mol. The maximum atomic E-state index is 13.2. The Labute approximate surface area is 164 Å². The highest BCUT2D eigenvalue weighted by Crippen LogP contribution is 2.29. The van der Waals surface area contributed by atoms with E-state index in [4.69, 9.17) is 4.74 Å². The maximum Gasteiger partial charge on any atom is 0.254 e. The van der Waals surface area contributed by atoms with Crippen LogP contribution >= 0.6 is 0 Å². The molecule has 7 nitrogen and oxygen atoms in total. The SMILES string of the molecule is COCCn1ccnc1C1CCN(C(=O)c2ccccc2-c2ncc[nH]2)CC1. The molecule has 2 aromatic heterocycles. The van der Waals surface area contributed by atoms with Crippen LogP contribution in [0.4, 0.5) is 0 Å². The van der Waals surface area contributed by atoms with Crippen molar-refractivity contribution in [3.8, 4) is 11.4 Å². The van der Waals surface area contributed by atoms with Crippen molar-refractivity contribution in [3.05, 3.63) is 60.4 Å². The standard InChI is InChI=1S/C21H25N5O2/c1-28-15-14-25-13-10-24-20(25)16-6-11-26(12-7-16)21(27)18-5-3-2-4-17(18)19-22-8-9-23-19/h2-5,8-10,13,16H,6-7,11-12,14-15H2,1H3,(H,22,23). The Hall–Kier alpha value is -2.93. The number of likely N-dealkylation sites (tertiary alicyclic amines) is 1. The summed E-state index contributed by atoms with van der Waals surface area (Å²) in [5.74, 6) is 2.25. The molecule has 1 N–H and O–H groups in total. The Morgan fingerprint density at radius 2 is 2.04 bits per heavy atom. The van der Waals surface area contributed by atoms with E-state index >= 15 is 0 Å². The van der Waals surface area contributed by atoms with Crippen molar-refractivity contribution in [3.63, 3.8) is 0 Å². The number of piperidine rings is 1. The zero-order valence-electron chi connectivity index (χ0n) is 16.0. The molecule has 3 heterocycles. The fourth-order valence-corrected chi connectivity index (χ4v) is 3.86. The summed E-state index contributed by atoms with van der Waals surface area (Å²) in [4.78, 5) is 27.1. The summed E-state index contributed by atoms with van der Waals surface area (Å²) in [5.41, 5.74) is 1.53. The number of hydrogen-bond acceptors (Lipinski definition) is 4. The highest BCUT2D eigenvalue weighted by molar-refractivity contribution is 6.00. The second kappa shape index (κ2) is 8.39. The molecular weight excluding hydrogens is 354 g/mol. The first-order valence-corrected chi connectivity index (χ1v) is 9.66. The number of carbonyl (C=O) groups excluding carboxylic acids is 1. The lowest BCUT2D eigenvalue weighted by molar-refractivity contribution is 0.0710. The molecule has 1 fully saturated rings. The van der Waals surface area contributed by atoms with Crippen molar-refractivity contribution in [2.45, 2.75) is 25.3 Å². The van der Waals surface area contributed by atoms with Gasteiger partial charge in [-0.2, -0.15) is 0 Å². The van der Waals surface area contributed by atoms with Crippen molar-refractivity contribution in [2.24, 2.45) is 0 Å². The van der Waals surface area contributed by atoms with Crippen LogP contribution in [0, 0.1) is 0 Å². The van der Waals surface area contributed by atoms with Crippen molar-refractivity contribution < 1.29 is 9.53 Å². The minimum Gasteiger partial charge on any atom is -0.383 e. The molecule has 146 valence electrons. The maximum absolute atomic E-state index is 13.2. The molecular formula is C21H25N5O2. The first-order chi connectivity index (χ1) is 13.8. The topological polar surface area (TPSA) is 76.0 Å². The predicted molar refractivity (Wildman–Crippen MR) is 106 cm³/mol. The van der Waals surface area contributed by atoms with Gasteiger partial charge >= 0.3 is 0 Å². The lowest BCUT2D eigenvalue weighted by Crippen LogP contribution is -2.38. The average Bonchev–Trinajstić information content (AvgIpc) is 3.44. The fourth-order valence-electron chi connectivity index (χ4n) is 3.86. The van der Waals surface area contributed by atoms with Gasteiger partial charge in [0.15, 0.2) is 0 Å². The summed E-state index contributed by atoms with van der Waals surface area (Å²) in [6.45, 7) is 2.94. The van der Waals surface area contributed by atoms with E-state index < -0.39 is 0 Å². The molecule has 0 aliphatic carbocycles. The van der Waals surface area contributed by atoms with Crippen LogP contribution in [0.5, 0.6) is 0 Å². The smallest absolute Gasteiger partial charge is 0.254 e. The Morgan fingerprint density at radius 1 is 1.21 bits per heavy atom. The summed E-state index contributed by atoms with van der Waals surface area (Å²) >= 11 is 0. The quantitative estimate of drug-likeness (QED) is 0.714. The molecule has 1 aromatic carbocycles. The van der Waals surface area contributed by atoms with Crippen LogP contribution in [0.3, 0.4) is 0 Å². The van der Waals surface area contributed by atoms with Gasteiger partial charge in [-0.25, -0.2) is 9.97 Å². The van der Waals surface area contributed by atoms with E-state index in [9.17, 15) is 4.79 Å². The van der Waals surface area contributed by atoms with Gasteiger partial charge in [-0.3, -0.25) is 4.79 Å². The summed E-state index contributed by atoms with van der Waals surface area (Å²) in [6, 6.07) is 7.65. The lowest BCUT2D eigenvalue weighted by Gasteiger charge is -2.32. The first-order valence-electron chi connectivity index (χ1n) is 9.66. The highest BCUT2D eigenvalue weighted by atomic mass is 16.5. The van der Waals surface area contributed by atoms with Crippen molar-refractivity contribution >= 4 is 5.91 Å². The molecule has 0 radical (unpaired) electrons. The first kappa shape index (κ1) is 18.4. The van der Waals surface area contributed by atoms with Gasteiger partial charge in [0, 0.05) is 63.0 Å². The predicted octanol–water partition coefficient (Wildman–Crippen LogP) is 2.94. The second-order valence-corrected chi connectivity index (χ2v) is 7.02. The molecule has 1 saturated heterocycles. The number of nitrogens with zero attached hydrogens (tertiary/aromatic N) is 4. The van der Waals surface area contributed by atoms with E-state index in [2.05, 4.69) is 19.5 Å². The molecule has 1 amide bonds. The van der Waals surface area contributed by atoms with E-state index in [0.717, 1.165) is 49.7 Å². The van der Waals surface area contributed by atoms with E-state index in [-0.39, 0.29) is 5.91 Å². The number of imidazole rings is 2. The van der Waals surface area contributed by atoms with Gasteiger partial charge in [-0.15, -0.1) is 0 Å². The molecule has 1 aliphatic rings. The fraction of sp³-hybridized carbons (Fsp3) is 0.381. The number of nitrogens with one attached hydrogen (secondary N) is 1. The zero-order valence-corrected chi connectivity index (χ0v) is 16.0. The van der Waals surface area contributed by atoms with Gasteiger partial charge in [0.25, 0.3) is 5.91 Å². The number of rotatable bonds is 6. The average molecular weight is 379 g/mol. The minimum absolute atomic E-state index is 0.0631. The Morgan fingerprint density at radius 3 is 2.79 bits per heavy atom. The van der Waals surface area contributed by atoms with Gasteiger partial charge in [-0.05, 0) is 18.9 Å². The van der Waals surface area contributed by atoms with Crippen LogP contribution in [0.15, 0.2) is 49.1 Å². The van der Waals surface area contributed by atoms with Crippen LogP contribution in [0.1, 0.15) is 34.9 Å². The molecule has 0 unspecified atom stereocenters. The highest BCUT2D eigenvalue weighted by Gasteiger charge is 2.28. The number of methoxy groups -OCH3 is 1. The zero-order chi connectivity index (χ0) is 19.3.